The molecular weight excluding hydrogens is 377 g/mol. The van der Waals surface area contributed by atoms with Gasteiger partial charge in [-0.25, -0.2) is 4.39 Å². The number of carbonyl (C=O) groups excluding carboxylic acids is 1. The zero-order valence-electron chi connectivity index (χ0n) is 16.2. The van der Waals surface area contributed by atoms with E-state index >= 15 is 0 Å². The SMILES string of the molecule is Cc1ccc(-c2nnc(S[C@@H](C)C(=O)N[C@@H](C)c3ccc(F)cc3)o2)cc1C. The number of benzene rings is 2. The second-order valence-electron chi connectivity index (χ2n) is 6.71. The van der Waals surface area contributed by atoms with Crippen LogP contribution in [0.5, 0.6) is 0 Å². The minimum Gasteiger partial charge on any atom is -0.411 e. The summed E-state index contributed by atoms with van der Waals surface area (Å²) in [5.74, 6) is -0.0344. The van der Waals surface area contributed by atoms with Gasteiger partial charge in [0.2, 0.25) is 11.8 Å². The number of thioether (sulfide) groups is 1. The Hall–Kier alpha value is -2.67. The van der Waals surface area contributed by atoms with Gasteiger partial charge < -0.3 is 9.73 Å². The van der Waals surface area contributed by atoms with Crippen molar-refractivity contribution in [2.24, 2.45) is 0 Å². The maximum Gasteiger partial charge on any atom is 0.277 e. The molecule has 2 aromatic carbocycles. The van der Waals surface area contributed by atoms with Crippen LogP contribution in [-0.4, -0.2) is 21.4 Å². The van der Waals surface area contributed by atoms with E-state index in [0.717, 1.165) is 16.7 Å². The molecule has 0 radical (unpaired) electrons. The Morgan fingerprint density at radius 3 is 2.46 bits per heavy atom. The average molecular weight is 399 g/mol. The topological polar surface area (TPSA) is 68.0 Å². The monoisotopic (exact) mass is 399 g/mol. The van der Waals surface area contributed by atoms with Gasteiger partial charge >= 0.3 is 0 Å². The van der Waals surface area contributed by atoms with Crippen LogP contribution in [0.15, 0.2) is 52.1 Å². The molecule has 0 aliphatic carbocycles. The van der Waals surface area contributed by atoms with Gasteiger partial charge in [0.15, 0.2) is 0 Å². The highest BCUT2D eigenvalue weighted by Gasteiger charge is 2.20. The zero-order valence-corrected chi connectivity index (χ0v) is 17.0. The van der Waals surface area contributed by atoms with Crippen molar-refractivity contribution < 1.29 is 13.6 Å². The maximum atomic E-state index is 13.0. The Kier molecular flexibility index (Phi) is 6.14. The summed E-state index contributed by atoms with van der Waals surface area (Å²) in [6.07, 6.45) is 0. The molecule has 0 unspecified atom stereocenters. The molecule has 2 atom stereocenters. The van der Waals surface area contributed by atoms with E-state index in [1.54, 1.807) is 19.1 Å². The third-order valence-electron chi connectivity index (χ3n) is 4.54. The molecule has 0 bridgehead atoms. The van der Waals surface area contributed by atoms with Crippen LogP contribution >= 0.6 is 11.8 Å². The fourth-order valence-corrected chi connectivity index (χ4v) is 3.31. The molecule has 7 heteroatoms. The number of hydrogen-bond donors (Lipinski definition) is 1. The summed E-state index contributed by atoms with van der Waals surface area (Å²) in [4.78, 5) is 12.5. The highest BCUT2D eigenvalue weighted by atomic mass is 32.2. The summed E-state index contributed by atoms with van der Waals surface area (Å²) in [7, 11) is 0. The van der Waals surface area contributed by atoms with Crippen molar-refractivity contribution in [1.82, 2.24) is 15.5 Å². The molecule has 5 nitrogen and oxygen atoms in total. The molecule has 0 fully saturated rings. The lowest BCUT2D eigenvalue weighted by Crippen LogP contribution is -2.33. The second-order valence-corrected chi connectivity index (χ2v) is 8.01. The Morgan fingerprint density at radius 1 is 1.07 bits per heavy atom. The lowest BCUT2D eigenvalue weighted by atomic mass is 10.1. The molecule has 146 valence electrons. The van der Waals surface area contributed by atoms with Crippen LogP contribution in [0.4, 0.5) is 4.39 Å². The zero-order chi connectivity index (χ0) is 20.3. The van der Waals surface area contributed by atoms with E-state index in [-0.39, 0.29) is 17.8 Å². The number of carbonyl (C=O) groups is 1. The van der Waals surface area contributed by atoms with Crippen LogP contribution in [0, 0.1) is 19.7 Å². The van der Waals surface area contributed by atoms with Gasteiger partial charge in [-0.2, -0.15) is 0 Å². The Balaban J connectivity index is 1.61. The Labute approximate surface area is 167 Å². The van der Waals surface area contributed by atoms with Gasteiger partial charge in [-0.05, 0) is 68.7 Å². The van der Waals surface area contributed by atoms with Gasteiger partial charge in [-0.3, -0.25) is 4.79 Å². The van der Waals surface area contributed by atoms with Gasteiger partial charge in [0.1, 0.15) is 5.82 Å². The molecule has 1 heterocycles. The average Bonchev–Trinajstić information content (AvgIpc) is 3.12. The van der Waals surface area contributed by atoms with Gasteiger partial charge in [-0.15, -0.1) is 10.2 Å². The molecule has 0 spiro atoms. The first-order valence-corrected chi connectivity index (χ1v) is 9.85. The van der Waals surface area contributed by atoms with Crippen LogP contribution in [0.25, 0.3) is 11.5 Å². The number of aromatic nitrogens is 2. The van der Waals surface area contributed by atoms with Crippen LogP contribution < -0.4 is 5.32 Å². The number of aryl methyl sites for hydroxylation is 2. The number of halogens is 1. The quantitative estimate of drug-likeness (QED) is 0.600. The summed E-state index contributed by atoms with van der Waals surface area (Å²) < 4.78 is 18.7. The minimum atomic E-state index is -0.420. The molecule has 1 aromatic heterocycles. The number of hydrogen-bond acceptors (Lipinski definition) is 5. The van der Waals surface area contributed by atoms with Gasteiger partial charge in [-0.1, -0.05) is 30.0 Å². The molecule has 3 aromatic rings. The Bertz CT molecular complexity index is 972. The van der Waals surface area contributed by atoms with E-state index in [9.17, 15) is 9.18 Å². The van der Waals surface area contributed by atoms with Crippen molar-refractivity contribution in [3.8, 4) is 11.5 Å². The van der Waals surface area contributed by atoms with Crippen molar-refractivity contribution in [3.63, 3.8) is 0 Å². The van der Waals surface area contributed by atoms with E-state index < -0.39 is 5.25 Å². The first kappa shape index (κ1) is 20.1. The number of amides is 1. The standard InChI is InChI=1S/C21H22FN3O2S/c1-12-5-6-17(11-13(12)2)20-24-25-21(27-20)28-15(4)19(26)23-14(3)16-7-9-18(22)10-8-16/h5-11,14-15H,1-4H3,(H,23,26)/t14-,15-/m0/s1. The summed E-state index contributed by atoms with van der Waals surface area (Å²) in [6, 6.07) is 11.8. The third kappa shape index (κ3) is 4.78. The maximum absolute atomic E-state index is 13.0. The van der Waals surface area contributed by atoms with E-state index in [0.29, 0.717) is 11.1 Å². The third-order valence-corrected chi connectivity index (χ3v) is 5.47. The predicted molar refractivity (Wildman–Crippen MR) is 107 cm³/mol. The summed E-state index contributed by atoms with van der Waals surface area (Å²) in [5, 5.41) is 11.0. The van der Waals surface area contributed by atoms with Crippen LogP contribution in [0.1, 0.15) is 36.6 Å². The van der Waals surface area contributed by atoms with E-state index in [1.807, 2.05) is 39.0 Å². The van der Waals surface area contributed by atoms with Crippen LogP contribution in [0.2, 0.25) is 0 Å². The van der Waals surface area contributed by atoms with Crippen molar-refractivity contribution in [2.75, 3.05) is 0 Å². The van der Waals surface area contributed by atoms with Crippen LogP contribution in [0.3, 0.4) is 0 Å². The fourth-order valence-electron chi connectivity index (χ4n) is 2.62. The predicted octanol–water partition coefficient (Wildman–Crippen LogP) is 4.85. The molecule has 1 amide bonds. The highest BCUT2D eigenvalue weighted by molar-refractivity contribution is 8.00. The lowest BCUT2D eigenvalue weighted by Gasteiger charge is -2.16. The molecule has 0 saturated carbocycles. The van der Waals surface area contributed by atoms with Crippen molar-refractivity contribution in [2.45, 2.75) is 44.2 Å². The first-order chi connectivity index (χ1) is 13.3. The van der Waals surface area contributed by atoms with Crippen molar-refractivity contribution >= 4 is 17.7 Å². The number of nitrogens with zero attached hydrogens (tertiary/aromatic N) is 2. The van der Waals surface area contributed by atoms with Crippen LogP contribution in [-0.2, 0) is 4.79 Å². The molecule has 0 saturated heterocycles. The second kappa shape index (κ2) is 8.56. The summed E-state index contributed by atoms with van der Waals surface area (Å²) in [5.41, 5.74) is 4.03. The number of nitrogens with one attached hydrogen (secondary N) is 1. The summed E-state index contributed by atoms with van der Waals surface area (Å²) in [6.45, 7) is 7.70. The minimum absolute atomic E-state index is 0.159. The number of rotatable bonds is 6. The smallest absolute Gasteiger partial charge is 0.277 e. The highest BCUT2D eigenvalue weighted by Crippen LogP contribution is 2.27. The lowest BCUT2D eigenvalue weighted by molar-refractivity contribution is -0.120. The van der Waals surface area contributed by atoms with Gasteiger partial charge in [0, 0.05) is 5.56 Å². The molecule has 0 aliphatic rings. The molecule has 3 rings (SSSR count). The Morgan fingerprint density at radius 2 is 1.79 bits per heavy atom. The van der Waals surface area contributed by atoms with Crippen molar-refractivity contribution in [3.05, 3.63) is 65.0 Å². The molecular formula is C21H22FN3O2S. The molecule has 0 aliphatic heterocycles. The van der Waals surface area contributed by atoms with Crippen molar-refractivity contribution in [1.29, 1.82) is 0 Å². The van der Waals surface area contributed by atoms with Gasteiger partial charge in [0.25, 0.3) is 5.22 Å². The largest absolute Gasteiger partial charge is 0.411 e. The molecule has 28 heavy (non-hydrogen) atoms. The van der Waals surface area contributed by atoms with E-state index in [2.05, 4.69) is 15.5 Å². The summed E-state index contributed by atoms with van der Waals surface area (Å²) >= 11 is 1.20. The van der Waals surface area contributed by atoms with E-state index in [1.165, 1.54) is 29.5 Å². The molecule has 1 N–H and O–H groups in total. The fraction of sp³-hybridized carbons (Fsp3) is 0.286. The van der Waals surface area contributed by atoms with E-state index in [4.69, 9.17) is 4.42 Å². The van der Waals surface area contributed by atoms with Gasteiger partial charge in [0.05, 0.1) is 11.3 Å². The first-order valence-electron chi connectivity index (χ1n) is 8.97. The normalized spacial score (nSPS) is 13.2.